The number of anilines is 1. The molecule has 4 nitrogen and oxygen atoms in total. The Morgan fingerprint density at radius 3 is 2.39 bits per heavy atom. The van der Waals surface area contributed by atoms with E-state index in [1.807, 2.05) is 24.3 Å². The molecule has 18 heavy (non-hydrogen) atoms. The molecule has 0 spiro atoms. The zero-order valence-electron chi connectivity index (χ0n) is 11.0. The highest BCUT2D eigenvalue weighted by Crippen LogP contribution is 2.25. The summed E-state index contributed by atoms with van der Waals surface area (Å²) < 4.78 is 0. The number of aliphatic hydroxyl groups excluding tert-OH is 1. The van der Waals surface area contributed by atoms with E-state index in [0.717, 1.165) is 10.6 Å². The molecule has 1 unspecified atom stereocenters. The van der Waals surface area contributed by atoms with Gasteiger partial charge in [0, 0.05) is 29.4 Å². The third-order valence-corrected chi connectivity index (χ3v) is 3.45. The van der Waals surface area contributed by atoms with Gasteiger partial charge in [0.05, 0.1) is 0 Å². The summed E-state index contributed by atoms with van der Waals surface area (Å²) in [6.45, 7) is 4.20. The Kier molecular flexibility index (Phi) is 5.65. The van der Waals surface area contributed by atoms with Crippen LogP contribution in [-0.2, 0) is 4.79 Å². The summed E-state index contributed by atoms with van der Waals surface area (Å²) in [4.78, 5) is 14.3. The first-order chi connectivity index (χ1) is 8.45. The summed E-state index contributed by atoms with van der Waals surface area (Å²) in [6, 6.07) is 7.68. The second-order valence-corrected chi connectivity index (χ2v) is 5.96. The number of benzene rings is 1. The molecule has 0 fully saturated rings. The molecular weight excluding hydrogens is 248 g/mol. The van der Waals surface area contributed by atoms with Gasteiger partial charge < -0.3 is 15.7 Å². The molecule has 3 N–H and O–H groups in total. The molecule has 0 aliphatic carbocycles. The molecule has 0 saturated heterocycles. The molecule has 0 saturated carbocycles. The maximum Gasteiger partial charge on any atom is 0.256 e. The predicted octanol–water partition coefficient (Wildman–Crippen LogP) is 1.47. The Bertz CT molecular complexity index is 392. The van der Waals surface area contributed by atoms with Crippen molar-refractivity contribution in [2.24, 2.45) is 5.73 Å². The number of amides is 1. The molecule has 0 bridgehead atoms. The summed E-state index contributed by atoms with van der Waals surface area (Å²) in [6.07, 6.45) is -1.14. The predicted molar refractivity (Wildman–Crippen MR) is 75.9 cm³/mol. The zero-order chi connectivity index (χ0) is 13.7. The Morgan fingerprint density at radius 1 is 1.39 bits per heavy atom. The van der Waals surface area contributed by atoms with Crippen molar-refractivity contribution < 1.29 is 9.90 Å². The fourth-order valence-electron chi connectivity index (χ4n) is 1.47. The number of rotatable bonds is 5. The van der Waals surface area contributed by atoms with Crippen molar-refractivity contribution in [2.75, 3.05) is 18.5 Å². The summed E-state index contributed by atoms with van der Waals surface area (Å²) in [5.74, 6) is -0.387. The zero-order valence-corrected chi connectivity index (χ0v) is 11.8. The van der Waals surface area contributed by atoms with Crippen LogP contribution in [0.5, 0.6) is 0 Å². The number of nitrogens with two attached hydrogens (primary N) is 1. The molecular formula is C13H20N2O2S. The molecule has 1 amide bonds. The van der Waals surface area contributed by atoms with Gasteiger partial charge in [-0.3, -0.25) is 4.79 Å². The Balaban J connectivity index is 2.75. The number of aliphatic hydroxyl groups is 1. The minimum Gasteiger partial charge on any atom is -0.382 e. The van der Waals surface area contributed by atoms with Crippen LogP contribution in [0.2, 0.25) is 0 Å². The highest BCUT2D eigenvalue weighted by molar-refractivity contribution is 7.99. The maximum absolute atomic E-state index is 11.7. The van der Waals surface area contributed by atoms with Crippen LogP contribution in [0.15, 0.2) is 29.2 Å². The molecule has 1 aromatic carbocycles. The van der Waals surface area contributed by atoms with Gasteiger partial charge in [-0.05, 0) is 24.3 Å². The largest absolute Gasteiger partial charge is 0.382 e. The Morgan fingerprint density at radius 2 is 1.94 bits per heavy atom. The molecule has 0 aliphatic rings. The number of carbonyl (C=O) groups excluding carboxylic acids is 1. The maximum atomic E-state index is 11.7. The van der Waals surface area contributed by atoms with E-state index in [4.69, 9.17) is 5.73 Å². The molecule has 0 heterocycles. The van der Waals surface area contributed by atoms with Crippen LogP contribution < -0.4 is 10.6 Å². The van der Waals surface area contributed by atoms with E-state index < -0.39 is 6.10 Å². The van der Waals surface area contributed by atoms with Crippen LogP contribution in [0.4, 0.5) is 5.69 Å². The molecule has 5 heteroatoms. The van der Waals surface area contributed by atoms with Crippen molar-refractivity contribution in [3.8, 4) is 0 Å². The monoisotopic (exact) mass is 268 g/mol. The lowest BCUT2D eigenvalue weighted by atomic mass is 10.2. The SMILES string of the molecule is CC(C)Sc1ccc(N(C)C(=O)C(O)CN)cc1. The number of carbonyl (C=O) groups is 1. The van der Waals surface area contributed by atoms with Crippen LogP contribution >= 0.6 is 11.8 Å². The molecule has 1 aromatic rings. The van der Waals surface area contributed by atoms with Crippen molar-refractivity contribution in [3.63, 3.8) is 0 Å². The van der Waals surface area contributed by atoms with Gasteiger partial charge in [-0.1, -0.05) is 13.8 Å². The van der Waals surface area contributed by atoms with Crippen molar-refractivity contribution >= 4 is 23.4 Å². The highest BCUT2D eigenvalue weighted by Gasteiger charge is 2.18. The fraction of sp³-hybridized carbons (Fsp3) is 0.462. The minimum atomic E-state index is -1.14. The fourth-order valence-corrected chi connectivity index (χ4v) is 2.31. The van der Waals surface area contributed by atoms with E-state index in [1.54, 1.807) is 18.8 Å². The standard InChI is InChI=1S/C13H20N2O2S/c1-9(2)18-11-6-4-10(5-7-11)15(3)13(17)12(16)8-14/h4-7,9,12,16H,8,14H2,1-3H3. The van der Waals surface area contributed by atoms with Gasteiger partial charge >= 0.3 is 0 Å². The molecule has 100 valence electrons. The van der Waals surface area contributed by atoms with Crippen LogP contribution in [0.3, 0.4) is 0 Å². The van der Waals surface area contributed by atoms with E-state index in [0.29, 0.717) is 5.25 Å². The average molecular weight is 268 g/mol. The number of hydrogen-bond donors (Lipinski definition) is 2. The molecule has 0 aliphatic heterocycles. The van der Waals surface area contributed by atoms with Gasteiger partial charge in [-0.15, -0.1) is 11.8 Å². The second-order valence-electron chi connectivity index (χ2n) is 4.31. The summed E-state index contributed by atoms with van der Waals surface area (Å²) in [5.41, 5.74) is 6.02. The van der Waals surface area contributed by atoms with Gasteiger partial charge in [0.15, 0.2) is 0 Å². The Labute approximate surface area is 112 Å². The quantitative estimate of drug-likeness (QED) is 0.794. The van der Waals surface area contributed by atoms with E-state index in [2.05, 4.69) is 13.8 Å². The lowest BCUT2D eigenvalue weighted by Crippen LogP contribution is -2.40. The first-order valence-electron chi connectivity index (χ1n) is 5.88. The molecule has 1 atom stereocenters. The van der Waals surface area contributed by atoms with Crippen LogP contribution in [0.25, 0.3) is 0 Å². The topological polar surface area (TPSA) is 66.6 Å². The molecule has 0 radical (unpaired) electrons. The van der Waals surface area contributed by atoms with Crippen molar-refractivity contribution in [2.45, 2.75) is 30.1 Å². The van der Waals surface area contributed by atoms with E-state index in [9.17, 15) is 9.90 Å². The number of hydrogen-bond acceptors (Lipinski definition) is 4. The van der Waals surface area contributed by atoms with Crippen molar-refractivity contribution in [3.05, 3.63) is 24.3 Å². The normalized spacial score (nSPS) is 12.6. The van der Waals surface area contributed by atoms with Crippen LogP contribution in [-0.4, -0.2) is 36.0 Å². The smallest absolute Gasteiger partial charge is 0.256 e. The number of nitrogens with zero attached hydrogens (tertiary/aromatic N) is 1. The second kappa shape index (κ2) is 6.78. The number of thioether (sulfide) groups is 1. The summed E-state index contributed by atoms with van der Waals surface area (Å²) >= 11 is 1.77. The van der Waals surface area contributed by atoms with Crippen molar-refractivity contribution in [1.29, 1.82) is 0 Å². The lowest BCUT2D eigenvalue weighted by Gasteiger charge is -2.20. The van der Waals surface area contributed by atoms with Crippen LogP contribution in [0.1, 0.15) is 13.8 Å². The van der Waals surface area contributed by atoms with Crippen molar-refractivity contribution in [1.82, 2.24) is 0 Å². The molecule has 0 aromatic heterocycles. The minimum absolute atomic E-state index is 0.0650. The van der Waals surface area contributed by atoms with Gasteiger partial charge in [0.2, 0.25) is 0 Å². The van der Waals surface area contributed by atoms with E-state index >= 15 is 0 Å². The van der Waals surface area contributed by atoms with E-state index in [-0.39, 0.29) is 12.5 Å². The third-order valence-electron chi connectivity index (χ3n) is 2.43. The number of likely N-dealkylation sites (N-methyl/N-ethyl adjacent to an activating group) is 1. The van der Waals surface area contributed by atoms with Gasteiger partial charge in [-0.25, -0.2) is 0 Å². The first-order valence-corrected chi connectivity index (χ1v) is 6.76. The third kappa shape index (κ3) is 4.01. The lowest BCUT2D eigenvalue weighted by molar-refractivity contribution is -0.125. The first kappa shape index (κ1) is 15.0. The summed E-state index contributed by atoms with van der Waals surface area (Å²) in [5, 5.41) is 9.93. The highest BCUT2D eigenvalue weighted by atomic mass is 32.2. The Hall–Kier alpha value is -1.04. The van der Waals surface area contributed by atoms with Gasteiger partial charge in [-0.2, -0.15) is 0 Å². The van der Waals surface area contributed by atoms with Crippen LogP contribution in [0, 0.1) is 0 Å². The summed E-state index contributed by atoms with van der Waals surface area (Å²) in [7, 11) is 1.63. The molecule has 1 rings (SSSR count). The van der Waals surface area contributed by atoms with E-state index in [1.165, 1.54) is 4.90 Å². The van der Waals surface area contributed by atoms with Gasteiger partial charge in [0.25, 0.3) is 5.91 Å². The van der Waals surface area contributed by atoms with Gasteiger partial charge in [0.1, 0.15) is 6.10 Å². The average Bonchev–Trinajstić information content (AvgIpc) is 2.36.